The van der Waals surface area contributed by atoms with E-state index >= 15 is 0 Å². The number of hydrogen-bond acceptors (Lipinski definition) is 0. The monoisotopic (exact) mass is 1360 g/mol. The Labute approximate surface area is 586 Å². The summed E-state index contributed by atoms with van der Waals surface area (Å²) in [5, 5.41) is 0. The van der Waals surface area contributed by atoms with Crippen molar-refractivity contribution in [2.24, 2.45) is 0 Å². The molecule has 0 amide bonds. The molecule has 1 aliphatic heterocycles. The Morgan fingerprint density at radius 1 is 0.261 bits per heavy atom. The average molecular weight is 1360 g/mol. The van der Waals surface area contributed by atoms with Gasteiger partial charge in [-0.05, 0) is 80.8 Å². The number of allylic oxidation sites excluding steroid dienone is 2. The molecular weight excluding hydrogens is 1200 g/mol. The van der Waals surface area contributed by atoms with Crippen molar-refractivity contribution in [3.63, 3.8) is 0 Å². The van der Waals surface area contributed by atoms with E-state index in [-0.39, 0.29) is 0 Å². The van der Waals surface area contributed by atoms with E-state index in [0.29, 0.717) is 0 Å². The summed E-state index contributed by atoms with van der Waals surface area (Å²) in [6.45, 7) is 13.6. The number of hydrogen-bond donors (Lipinski definition) is 0. The van der Waals surface area contributed by atoms with Crippen molar-refractivity contribution in [2.45, 2.75) is 469 Å². The zero-order valence-electron chi connectivity index (χ0n) is 63.2. The van der Waals surface area contributed by atoms with E-state index in [4.69, 9.17) is 0 Å². The second-order valence-electron chi connectivity index (χ2n) is 29.4. The summed E-state index contributed by atoms with van der Waals surface area (Å²) in [5.41, 5.74) is 21.2. The Bertz CT molecular complexity index is 1910. The number of aryl methyl sites for hydroxylation is 2. The van der Waals surface area contributed by atoms with E-state index in [1.54, 1.807) is 9.79 Å². The smallest absolute Gasteiger partial charge is 0.493 e. The van der Waals surface area contributed by atoms with Gasteiger partial charge in [-0.15, -0.1) is 0 Å². The van der Waals surface area contributed by atoms with Crippen molar-refractivity contribution in [2.75, 3.05) is 0 Å². The zero-order valence-corrected chi connectivity index (χ0v) is 64.8. The summed E-state index contributed by atoms with van der Waals surface area (Å²) in [7, 11) is 0. The SMILES string of the molecule is CCCCCCCCCCCCCCCCCCCCCCCCC[CH2][Pd][CH2]CCCCCCCCCCCCCCCCCCCCCCCCC.CCCCCCCCc1cccc(C2=C(C)C(CCCC)=C(c3cccc(CCCCCCCC)c3)[N+]2=[N-])c1. The first-order valence-electron chi connectivity index (χ1n) is 42.1. The van der Waals surface area contributed by atoms with Crippen molar-refractivity contribution in [3.05, 3.63) is 87.5 Å². The van der Waals surface area contributed by atoms with Crippen molar-refractivity contribution in [1.82, 2.24) is 0 Å². The van der Waals surface area contributed by atoms with E-state index < -0.39 is 0 Å². The van der Waals surface area contributed by atoms with Crippen LogP contribution in [0.1, 0.15) is 468 Å². The first kappa shape index (κ1) is 86.3. The van der Waals surface area contributed by atoms with Crippen LogP contribution in [0.5, 0.6) is 0 Å². The molecule has 0 unspecified atom stereocenters. The fourth-order valence-electron chi connectivity index (χ4n) is 14.3. The fourth-order valence-corrected chi connectivity index (χ4v) is 16.2. The standard InChI is InChI=1S/C37H54N2.2C26H53.Pd/c1-5-8-11-13-15-17-21-31-23-19-25-33(28-31)36-30(4)35(27-10-7-3)37(39(36)38)34-26-20-24-32(29-34)22-18-16-14-12-9-6-2;2*1-3-5-7-9-11-13-15-17-19-21-23-25-26-24-22-20-18-16-14-12-10-8-6-4-2;/h19-20,23-26,28-29H,5-18,21-22,27H2,1-4H3;2*1,3-26H2,2H3;. The van der Waals surface area contributed by atoms with Crippen LogP contribution in [0.3, 0.4) is 0 Å². The van der Waals surface area contributed by atoms with Crippen LogP contribution >= 0.6 is 0 Å². The third kappa shape index (κ3) is 49.7. The van der Waals surface area contributed by atoms with Gasteiger partial charge in [0.25, 0.3) is 0 Å². The van der Waals surface area contributed by atoms with E-state index in [0.717, 1.165) is 72.6 Å². The first-order chi connectivity index (χ1) is 45.5. The molecule has 1 aliphatic rings. The molecule has 0 saturated carbocycles. The molecule has 1 heterocycles. The molecule has 2 aromatic carbocycles. The summed E-state index contributed by atoms with van der Waals surface area (Å²) in [6.07, 6.45) is 92.8. The molecule has 0 bridgehead atoms. The van der Waals surface area contributed by atoms with E-state index in [1.165, 1.54) is 412 Å². The van der Waals surface area contributed by atoms with Crippen molar-refractivity contribution in [1.29, 1.82) is 0 Å². The van der Waals surface area contributed by atoms with Gasteiger partial charge in [0.1, 0.15) is 0 Å². The van der Waals surface area contributed by atoms with Crippen LogP contribution in [0.25, 0.3) is 16.9 Å². The van der Waals surface area contributed by atoms with Gasteiger partial charge in [-0.3, -0.25) is 0 Å². The molecule has 0 atom stereocenters. The van der Waals surface area contributed by atoms with Gasteiger partial charge >= 0.3 is 169 Å². The molecular formula is C89H160N2Pd. The van der Waals surface area contributed by atoms with Gasteiger partial charge in [0.05, 0.1) is 0 Å². The summed E-state index contributed by atoms with van der Waals surface area (Å²) in [6, 6.07) is 17.8. The Morgan fingerprint density at radius 2 is 0.489 bits per heavy atom. The summed E-state index contributed by atoms with van der Waals surface area (Å²) in [5.74, 6) is 0. The molecule has 536 valence electrons. The fraction of sp³-hybridized carbons (Fsp3) is 0.820. The van der Waals surface area contributed by atoms with Crippen LogP contribution in [0.2, 0.25) is 9.79 Å². The van der Waals surface area contributed by atoms with Gasteiger partial charge in [0.15, 0.2) is 0 Å². The Hall–Kier alpha value is -1.82. The van der Waals surface area contributed by atoms with E-state index in [1.807, 2.05) is 0 Å². The first-order valence-corrected chi connectivity index (χ1v) is 44.3. The van der Waals surface area contributed by atoms with E-state index in [9.17, 15) is 5.53 Å². The molecule has 3 heteroatoms. The molecule has 3 rings (SSSR count). The van der Waals surface area contributed by atoms with Gasteiger partial charge in [0.2, 0.25) is 11.4 Å². The minimum Gasteiger partial charge on any atom is -0.493 e. The Kier molecular flexibility index (Phi) is 63.5. The number of benzene rings is 2. The molecule has 0 spiro atoms. The van der Waals surface area contributed by atoms with Gasteiger partial charge in [-0.25, -0.2) is 4.70 Å². The number of nitrogens with zero attached hydrogens (tertiary/aromatic N) is 2. The van der Waals surface area contributed by atoms with Crippen molar-refractivity contribution >= 4 is 11.4 Å². The molecule has 2 aromatic rings. The van der Waals surface area contributed by atoms with Gasteiger partial charge in [-0.1, -0.05) is 296 Å². The zero-order chi connectivity index (χ0) is 65.9. The van der Waals surface area contributed by atoms with Crippen LogP contribution < -0.4 is 0 Å². The molecule has 0 N–H and O–H groups in total. The molecule has 92 heavy (non-hydrogen) atoms. The molecule has 2 nitrogen and oxygen atoms in total. The Morgan fingerprint density at radius 3 is 0.750 bits per heavy atom. The van der Waals surface area contributed by atoms with Gasteiger partial charge in [-0.2, -0.15) is 0 Å². The molecule has 0 fully saturated rings. The number of unbranched alkanes of at least 4 members (excludes halogenated alkanes) is 57. The van der Waals surface area contributed by atoms with Crippen molar-refractivity contribution < 1.29 is 22.7 Å². The van der Waals surface area contributed by atoms with Gasteiger partial charge < -0.3 is 5.53 Å². The maximum atomic E-state index is 11.7. The van der Waals surface area contributed by atoms with Crippen LogP contribution in [-0.2, 0) is 30.8 Å². The second-order valence-corrected chi connectivity index (χ2v) is 31.7. The quantitative estimate of drug-likeness (QED) is 0.0358. The summed E-state index contributed by atoms with van der Waals surface area (Å²) < 4.78 is 1.51. The Balaban J connectivity index is 0.000000653. The van der Waals surface area contributed by atoms with E-state index in [2.05, 4.69) is 90.1 Å². The van der Waals surface area contributed by atoms with Crippen LogP contribution in [0.15, 0.2) is 59.7 Å². The second kappa shape index (κ2) is 67.7. The predicted octanol–water partition coefficient (Wildman–Crippen LogP) is 32.5. The topological polar surface area (TPSA) is 25.3 Å². The molecule has 0 aromatic heterocycles. The van der Waals surface area contributed by atoms with Crippen LogP contribution in [0.4, 0.5) is 0 Å². The van der Waals surface area contributed by atoms with Crippen LogP contribution in [0, 0.1) is 0 Å². The normalized spacial score (nSPS) is 12.6. The summed E-state index contributed by atoms with van der Waals surface area (Å²) in [4.78, 5) is 3.10. The minimum atomic E-state index is 0.960. The number of rotatable bonds is 69. The average Bonchev–Trinajstić information content (AvgIpc) is 1.65. The van der Waals surface area contributed by atoms with Crippen molar-refractivity contribution in [3.8, 4) is 0 Å². The third-order valence-corrected chi connectivity index (χ3v) is 22.7. The summed E-state index contributed by atoms with van der Waals surface area (Å²) >= 11 is 1.06. The maximum absolute atomic E-state index is 11.7. The molecule has 0 aliphatic carbocycles. The molecule has 0 saturated heterocycles. The third-order valence-electron chi connectivity index (χ3n) is 20.5. The molecule has 0 radical (unpaired) electrons. The van der Waals surface area contributed by atoms with Crippen LogP contribution in [-0.4, -0.2) is 4.70 Å². The minimum absolute atomic E-state index is 0.960. The van der Waals surface area contributed by atoms with Gasteiger partial charge in [0, 0.05) is 22.3 Å². The predicted molar refractivity (Wildman–Crippen MR) is 412 cm³/mol.